The minimum atomic E-state index is -4.38. The lowest BCUT2D eigenvalue weighted by Crippen LogP contribution is -2.43. The Kier molecular flexibility index (Phi) is 10.0. The number of pyridine rings is 1. The molecule has 1 fully saturated rings. The van der Waals surface area contributed by atoms with Gasteiger partial charge in [-0.2, -0.15) is 13.2 Å². The number of hydrogen-bond donors (Lipinski definition) is 2. The van der Waals surface area contributed by atoms with Crippen LogP contribution in [0.3, 0.4) is 0 Å². The van der Waals surface area contributed by atoms with E-state index in [1.807, 2.05) is 0 Å². The van der Waals surface area contributed by atoms with Gasteiger partial charge in [0.05, 0.1) is 21.2 Å². The second-order valence-corrected chi connectivity index (χ2v) is 9.54. The van der Waals surface area contributed by atoms with Crippen LogP contribution in [0.4, 0.5) is 13.2 Å². The molecule has 2 N–H and O–H groups in total. The molecular weight excluding hydrogens is 516 g/mol. The van der Waals surface area contributed by atoms with Gasteiger partial charge in [-0.1, -0.05) is 41.9 Å². The fourth-order valence-electron chi connectivity index (χ4n) is 4.38. The van der Waals surface area contributed by atoms with Crippen molar-refractivity contribution in [3.63, 3.8) is 0 Å². The molecule has 196 valence electrons. The second kappa shape index (κ2) is 12.8. The molecule has 2 heterocycles. The summed E-state index contributed by atoms with van der Waals surface area (Å²) in [5.74, 6) is -0.224. The number of amides is 1. The number of hydroxylamine groups is 1. The van der Waals surface area contributed by atoms with Crippen molar-refractivity contribution in [3.05, 3.63) is 76.2 Å². The molecule has 1 aliphatic rings. The Balaban J connectivity index is 1.52. The van der Waals surface area contributed by atoms with Gasteiger partial charge in [0.15, 0.2) is 0 Å². The first kappa shape index (κ1) is 28.2. The van der Waals surface area contributed by atoms with E-state index >= 15 is 0 Å². The number of halogens is 5. The lowest BCUT2D eigenvalue weighted by molar-refractivity contribution is -0.137. The van der Waals surface area contributed by atoms with E-state index in [0.717, 1.165) is 44.5 Å². The predicted octanol–water partition coefficient (Wildman–Crippen LogP) is 6.03. The van der Waals surface area contributed by atoms with Crippen LogP contribution in [0.1, 0.15) is 53.8 Å². The molecule has 2 unspecified atom stereocenters. The molecular formula is C25H29Cl2F3N4O2. The fraction of sp³-hybridized carbons (Fsp3) is 0.440. The molecule has 0 radical (unpaired) electrons. The summed E-state index contributed by atoms with van der Waals surface area (Å²) in [4.78, 5) is 24.4. The van der Waals surface area contributed by atoms with Crippen molar-refractivity contribution in [2.45, 2.75) is 44.5 Å². The van der Waals surface area contributed by atoms with Crippen LogP contribution in [-0.4, -0.2) is 41.5 Å². The van der Waals surface area contributed by atoms with Crippen LogP contribution in [-0.2, 0) is 11.0 Å². The first-order chi connectivity index (χ1) is 17.1. The number of nitrogens with one attached hydrogen (secondary N) is 2. The molecule has 11 heteroatoms. The van der Waals surface area contributed by atoms with Crippen LogP contribution in [0.15, 0.2) is 49.4 Å². The molecule has 0 spiro atoms. The van der Waals surface area contributed by atoms with Gasteiger partial charge < -0.3 is 10.2 Å². The Labute approximate surface area is 218 Å². The van der Waals surface area contributed by atoms with Gasteiger partial charge >= 0.3 is 6.18 Å². The van der Waals surface area contributed by atoms with Crippen molar-refractivity contribution >= 4 is 29.1 Å². The molecule has 0 saturated carbocycles. The minimum Gasteiger partial charge on any atom is -0.352 e. The van der Waals surface area contributed by atoms with Gasteiger partial charge in [0.1, 0.15) is 6.10 Å². The zero-order valence-corrected chi connectivity index (χ0v) is 21.3. The first-order valence-corrected chi connectivity index (χ1v) is 12.4. The predicted molar refractivity (Wildman–Crippen MR) is 134 cm³/mol. The van der Waals surface area contributed by atoms with Gasteiger partial charge in [0.25, 0.3) is 5.91 Å². The van der Waals surface area contributed by atoms with E-state index in [1.165, 1.54) is 30.7 Å². The molecule has 2 atom stereocenters. The number of benzene rings is 1. The van der Waals surface area contributed by atoms with Crippen LogP contribution in [0.25, 0.3) is 0 Å². The van der Waals surface area contributed by atoms with Crippen molar-refractivity contribution < 1.29 is 22.8 Å². The molecule has 0 aliphatic carbocycles. The molecule has 1 amide bonds. The summed E-state index contributed by atoms with van der Waals surface area (Å²) >= 11 is 12.1. The van der Waals surface area contributed by atoms with Crippen LogP contribution in [0, 0.1) is 5.92 Å². The van der Waals surface area contributed by atoms with Crippen LogP contribution >= 0.6 is 23.2 Å². The normalized spacial score (nSPS) is 16.8. The summed E-state index contributed by atoms with van der Waals surface area (Å²) in [5, 5.41) is 3.26. The van der Waals surface area contributed by atoms with Crippen LogP contribution in [0.5, 0.6) is 0 Å². The number of piperidine rings is 1. The van der Waals surface area contributed by atoms with Gasteiger partial charge in [-0.15, -0.1) is 0 Å². The van der Waals surface area contributed by atoms with Gasteiger partial charge in [-0.25, -0.2) is 0 Å². The van der Waals surface area contributed by atoms with Gasteiger partial charge in [-0.3, -0.25) is 20.1 Å². The summed E-state index contributed by atoms with van der Waals surface area (Å²) in [5.41, 5.74) is 2.85. The second-order valence-electron chi connectivity index (χ2n) is 8.73. The Morgan fingerprint density at radius 1 is 1.22 bits per heavy atom. The van der Waals surface area contributed by atoms with E-state index in [4.69, 9.17) is 28.0 Å². The lowest BCUT2D eigenvalue weighted by Gasteiger charge is -2.38. The Bertz CT molecular complexity index is 1010. The van der Waals surface area contributed by atoms with Crippen molar-refractivity contribution in [1.29, 1.82) is 0 Å². The molecule has 1 aromatic carbocycles. The lowest BCUT2D eigenvalue weighted by atomic mass is 9.86. The van der Waals surface area contributed by atoms with E-state index in [-0.39, 0.29) is 33.5 Å². The summed E-state index contributed by atoms with van der Waals surface area (Å²) in [6.45, 7) is 7.74. The maximum absolute atomic E-state index is 13.0. The van der Waals surface area contributed by atoms with E-state index in [9.17, 15) is 18.0 Å². The molecule has 36 heavy (non-hydrogen) atoms. The standard InChI is InChI=1S/C25H29Cl2F3N4O2/c1-3-33-36-23(17-4-6-19(7-5-17)25(28,29)30)18-9-12-34(13-10-18)16(2)8-11-32-24(35)22-20(26)14-31-15-21(22)27/h3-7,14-16,18,23,33H,1,8-13H2,2H3,(H,32,35). The number of rotatable bonds is 10. The summed E-state index contributed by atoms with van der Waals surface area (Å²) in [6.07, 6.45) is 1.71. The number of hydrogen-bond acceptors (Lipinski definition) is 5. The Morgan fingerprint density at radius 3 is 2.39 bits per heavy atom. The van der Waals surface area contributed by atoms with Crippen molar-refractivity contribution in [3.8, 4) is 0 Å². The molecule has 1 aliphatic heterocycles. The SMILES string of the molecule is C=CNOC(c1ccc(C(F)(F)F)cc1)C1CCN(C(C)CCNC(=O)c2c(Cl)cncc2Cl)CC1. The van der Waals surface area contributed by atoms with Crippen molar-refractivity contribution in [1.82, 2.24) is 20.7 Å². The highest BCUT2D eigenvalue weighted by molar-refractivity contribution is 6.39. The number of carbonyl (C=O) groups excluding carboxylic acids is 1. The minimum absolute atomic E-state index is 0.119. The van der Waals surface area contributed by atoms with Gasteiger partial charge in [-0.05, 0) is 62.9 Å². The van der Waals surface area contributed by atoms with Crippen molar-refractivity contribution in [2.75, 3.05) is 19.6 Å². The smallest absolute Gasteiger partial charge is 0.352 e. The summed E-state index contributed by atoms with van der Waals surface area (Å²) < 4.78 is 38.9. The molecule has 2 aromatic rings. The third kappa shape index (κ3) is 7.35. The van der Waals surface area contributed by atoms with E-state index in [0.29, 0.717) is 12.1 Å². The van der Waals surface area contributed by atoms with Crippen molar-refractivity contribution in [2.24, 2.45) is 5.92 Å². The number of aromatic nitrogens is 1. The number of alkyl halides is 3. The monoisotopic (exact) mass is 544 g/mol. The molecule has 1 saturated heterocycles. The summed E-state index contributed by atoms with van der Waals surface area (Å²) in [6, 6.07) is 5.31. The largest absolute Gasteiger partial charge is 0.416 e. The third-order valence-electron chi connectivity index (χ3n) is 6.40. The van der Waals surface area contributed by atoms with Crippen LogP contribution < -0.4 is 10.8 Å². The van der Waals surface area contributed by atoms with Gasteiger partial charge in [0.2, 0.25) is 0 Å². The average molecular weight is 545 g/mol. The molecule has 0 bridgehead atoms. The topological polar surface area (TPSA) is 66.5 Å². The molecule has 1 aromatic heterocycles. The molecule has 3 rings (SSSR count). The third-order valence-corrected chi connectivity index (χ3v) is 6.97. The van der Waals surface area contributed by atoms with Gasteiger partial charge in [0, 0.05) is 31.2 Å². The van der Waals surface area contributed by atoms with E-state index in [2.05, 4.69) is 34.2 Å². The number of nitrogens with zero attached hydrogens (tertiary/aromatic N) is 2. The first-order valence-electron chi connectivity index (χ1n) is 11.6. The Morgan fingerprint density at radius 2 is 1.83 bits per heavy atom. The quantitative estimate of drug-likeness (QED) is 0.357. The highest BCUT2D eigenvalue weighted by Crippen LogP contribution is 2.36. The number of carbonyl (C=O) groups is 1. The average Bonchev–Trinajstić information content (AvgIpc) is 2.84. The fourth-order valence-corrected chi connectivity index (χ4v) is 4.91. The highest BCUT2D eigenvalue weighted by Gasteiger charge is 2.33. The Hall–Kier alpha value is -2.33. The zero-order chi connectivity index (χ0) is 26.3. The molecule has 6 nitrogen and oxygen atoms in total. The summed E-state index contributed by atoms with van der Waals surface area (Å²) in [7, 11) is 0. The number of likely N-dealkylation sites (tertiary alicyclic amines) is 1. The zero-order valence-electron chi connectivity index (χ0n) is 19.8. The maximum Gasteiger partial charge on any atom is 0.416 e. The van der Waals surface area contributed by atoms with E-state index < -0.39 is 17.8 Å². The van der Waals surface area contributed by atoms with E-state index in [1.54, 1.807) is 0 Å². The van der Waals surface area contributed by atoms with Crippen LogP contribution in [0.2, 0.25) is 10.0 Å². The maximum atomic E-state index is 13.0. The highest BCUT2D eigenvalue weighted by atomic mass is 35.5.